The van der Waals surface area contributed by atoms with Gasteiger partial charge in [0.25, 0.3) is 0 Å². The van der Waals surface area contributed by atoms with Gasteiger partial charge in [-0.2, -0.15) is 0 Å². The molecule has 4 heterocycles. The Bertz CT molecular complexity index is 721. The molecule has 8 nitrogen and oxygen atoms in total. The van der Waals surface area contributed by atoms with Crippen molar-refractivity contribution >= 4 is 5.91 Å². The van der Waals surface area contributed by atoms with Gasteiger partial charge in [-0.15, -0.1) is 5.10 Å². The van der Waals surface area contributed by atoms with E-state index in [1.165, 1.54) is 5.56 Å². The number of aryl methyl sites for hydroxylation is 1. The molecule has 0 atom stereocenters. The molecule has 0 bridgehead atoms. The predicted octanol–water partition coefficient (Wildman–Crippen LogP) is 1.42. The van der Waals surface area contributed by atoms with Gasteiger partial charge in [0.05, 0.1) is 24.8 Å². The van der Waals surface area contributed by atoms with Crippen molar-refractivity contribution < 1.29 is 13.9 Å². The van der Waals surface area contributed by atoms with Crippen molar-refractivity contribution in [1.29, 1.82) is 0 Å². The fourth-order valence-corrected chi connectivity index (χ4v) is 3.64. The van der Waals surface area contributed by atoms with Gasteiger partial charge < -0.3 is 14.1 Å². The van der Waals surface area contributed by atoms with E-state index in [4.69, 9.17) is 9.15 Å². The van der Waals surface area contributed by atoms with Crippen molar-refractivity contribution in [3.8, 4) is 0 Å². The van der Waals surface area contributed by atoms with E-state index >= 15 is 0 Å². The molecule has 0 aliphatic carbocycles. The van der Waals surface area contributed by atoms with Gasteiger partial charge in [-0.25, -0.2) is 4.68 Å². The van der Waals surface area contributed by atoms with E-state index in [2.05, 4.69) is 15.2 Å². The molecule has 140 valence electrons. The zero-order chi connectivity index (χ0) is 17.8. The summed E-state index contributed by atoms with van der Waals surface area (Å²) < 4.78 is 12.8. The topological polar surface area (TPSA) is 76.6 Å². The van der Waals surface area contributed by atoms with Crippen LogP contribution in [0, 0.1) is 0 Å². The van der Waals surface area contributed by atoms with Crippen molar-refractivity contribution in [2.24, 2.45) is 0 Å². The number of amides is 1. The largest absolute Gasteiger partial charge is 0.472 e. The molecule has 0 N–H and O–H groups in total. The number of likely N-dealkylation sites (tertiary alicyclic amines) is 1. The first-order valence-electron chi connectivity index (χ1n) is 9.30. The van der Waals surface area contributed by atoms with E-state index in [0.29, 0.717) is 6.61 Å². The quantitative estimate of drug-likeness (QED) is 0.776. The lowest BCUT2D eigenvalue weighted by molar-refractivity contribution is -0.135. The van der Waals surface area contributed by atoms with Crippen LogP contribution in [0.4, 0.5) is 0 Å². The van der Waals surface area contributed by atoms with Crippen molar-refractivity contribution in [3.05, 3.63) is 35.5 Å². The van der Waals surface area contributed by atoms with Gasteiger partial charge in [0, 0.05) is 44.8 Å². The Balaban J connectivity index is 1.35. The van der Waals surface area contributed by atoms with Gasteiger partial charge in [-0.05, 0) is 25.3 Å². The molecular formula is C18H25N5O3. The zero-order valence-electron chi connectivity index (χ0n) is 15.0. The summed E-state index contributed by atoms with van der Waals surface area (Å²) in [6.07, 6.45) is 6.71. The molecule has 4 rings (SSSR count). The SMILES string of the molecule is O=C(COCc1nnn2c1CN(Cc1ccoc1)CCC2)N1CCCC1. The minimum atomic E-state index is 0.0716. The number of hydrogen-bond donors (Lipinski definition) is 0. The summed E-state index contributed by atoms with van der Waals surface area (Å²) >= 11 is 0. The Labute approximate surface area is 152 Å². The average molecular weight is 359 g/mol. The van der Waals surface area contributed by atoms with Gasteiger partial charge in [-0.1, -0.05) is 5.21 Å². The maximum absolute atomic E-state index is 12.1. The van der Waals surface area contributed by atoms with E-state index in [9.17, 15) is 4.79 Å². The average Bonchev–Trinajstić information content (AvgIpc) is 3.37. The first-order chi connectivity index (χ1) is 12.8. The second-order valence-electron chi connectivity index (χ2n) is 6.98. The Morgan fingerprint density at radius 2 is 2.08 bits per heavy atom. The molecule has 1 saturated heterocycles. The highest BCUT2D eigenvalue weighted by Gasteiger charge is 2.22. The van der Waals surface area contributed by atoms with Gasteiger partial charge in [-0.3, -0.25) is 9.69 Å². The molecule has 1 fully saturated rings. The molecule has 0 saturated carbocycles. The van der Waals surface area contributed by atoms with E-state index in [1.807, 2.05) is 15.6 Å². The standard InChI is InChI=1S/C18H25N5O3/c24-18(22-6-1-2-7-22)14-26-13-16-17-11-21(10-15-4-9-25-12-15)5-3-8-23(17)20-19-16/h4,9,12H,1-3,5-8,10-11,13-14H2. The monoisotopic (exact) mass is 359 g/mol. The second kappa shape index (κ2) is 8.01. The Morgan fingerprint density at radius 3 is 2.88 bits per heavy atom. The third kappa shape index (κ3) is 3.96. The number of rotatable bonds is 6. The van der Waals surface area contributed by atoms with Crippen molar-refractivity contribution in [3.63, 3.8) is 0 Å². The molecule has 2 aromatic heterocycles. The molecule has 26 heavy (non-hydrogen) atoms. The number of ether oxygens (including phenoxy) is 1. The number of fused-ring (bicyclic) bond motifs is 1. The molecule has 0 unspecified atom stereocenters. The van der Waals surface area contributed by atoms with Crippen LogP contribution in [0.1, 0.15) is 36.2 Å². The Morgan fingerprint density at radius 1 is 1.19 bits per heavy atom. The molecular weight excluding hydrogens is 334 g/mol. The van der Waals surface area contributed by atoms with Crippen LogP contribution in [0.3, 0.4) is 0 Å². The Kier molecular flexibility index (Phi) is 5.31. The number of nitrogens with zero attached hydrogens (tertiary/aromatic N) is 5. The lowest BCUT2D eigenvalue weighted by Crippen LogP contribution is -2.31. The highest BCUT2D eigenvalue weighted by atomic mass is 16.5. The predicted molar refractivity (Wildman–Crippen MR) is 92.9 cm³/mol. The molecule has 2 aromatic rings. The van der Waals surface area contributed by atoms with Crippen LogP contribution >= 0.6 is 0 Å². The first kappa shape index (κ1) is 17.2. The van der Waals surface area contributed by atoms with E-state index in [-0.39, 0.29) is 12.5 Å². The van der Waals surface area contributed by atoms with Gasteiger partial charge in [0.1, 0.15) is 12.3 Å². The van der Waals surface area contributed by atoms with Crippen molar-refractivity contribution in [1.82, 2.24) is 24.8 Å². The summed E-state index contributed by atoms with van der Waals surface area (Å²) in [7, 11) is 0. The van der Waals surface area contributed by atoms with Crippen molar-refractivity contribution in [2.75, 3.05) is 26.2 Å². The van der Waals surface area contributed by atoms with E-state index < -0.39 is 0 Å². The lowest BCUT2D eigenvalue weighted by atomic mass is 10.2. The fraction of sp³-hybridized carbons (Fsp3) is 0.611. The molecule has 1 amide bonds. The maximum Gasteiger partial charge on any atom is 0.248 e. The second-order valence-corrected chi connectivity index (χ2v) is 6.98. The highest BCUT2D eigenvalue weighted by molar-refractivity contribution is 5.77. The minimum absolute atomic E-state index is 0.0716. The highest BCUT2D eigenvalue weighted by Crippen LogP contribution is 2.18. The molecule has 0 aromatic carbocycles. The van der Waals surface area contributed by atoms with Crippen LogP contribution in [0.25, 0.3) is 0 Å². The summed E-state index contributed by atoms with van der Waals surface area (Å²) in [4.78, 5) is 16.3. The molecule has 2 aliphatic heterocycles. The smallest absolute Gasteiger partial charge is 0.248 e. The summed E-state index contributed by atoms with van der Waals surface area (Å²) in [6.45, 7) is 5.63. The first-order valence-corrected chi connectivity index (χ1v) is 9.30. The van der Waals surface area contributed by atoms with Crippen LogP contribution in [0.15, 0.2) is 23.0 Å². The number of carbonyl (C=O) groups excluding carboxylic acids is 1. The number of carbonyl (C=O) groups is 1. The van der Waals surface area contributed by atoms with Crippen LogP contribution in [-0.2, 0) is 35.8 Å². The summed E-state index contributed by atoms with van der Waals surface area (Å²) in [5.74, 6) is 0.0716. The minimum Gasteiger partial charge on any atom is -0.472 e. The van der Waals surface area contributed by atoms with Crippen LogP contribution in [0.5, 0.6) is 0 Å². The fourth-order valence-electron chi connectivity index (χ4n) is 3.64. The van der Waals surface area contributed by atoms with Crippen molar-refractivity contribution in [2.45, 2.75) is 45.5 Å². The van der Waals surface area contributed by atoms with Gasteiger partial charge in [0.2, 0.25) is 5.91 Å². The normalized spacial score (nSPS) is 18.1. The third-order valence-corrected chi connectivity index (χ3v) is 5.05. The molecule has 0 radical (unpaired) electrons. The summed E-state index contributed by atoms with van der Waals surface area (Å²) in [5, 5.41) is 8.55. The Hall–Kier alpha value is -2.19. The third-order valence-electron chi connectivity index (χ3n) is 5.05. The number of furan rings is 1. The summed E-state index contributed by atoms with van der Waals surface area (Å²) in [6, 6.07) is 1.99. The lowest BCUT2D eigenvalue weighted by Gasteiger charge is -2.19. The summed E-state index contributed by atoms with van der Waals surface area (Å²) in [5.41, 5.74) is 3.08. The number of aromatic nitrogens is 3. The number of hydrogen-bond acceptors (Lipinski definition) is 6. The van der Waals surface area contributed by atoms with Crippen LogP contribution < -0.4 is 0 Å². The molecule has 0 spiro atoms. The maximum atomic E-state index is 12.1. The van der Waals surface area contributed by atoms with Gasteiger partial charge in [0.15, 0.2) is 0 Å². The molecule has 8 heteroatoms. The van der Waals surface area contributed by atoms with Gasteiger partial charge >= 0.3 is 0 Å². The molecule has 2 aliphatic rings. The zero-order valence-corrected chi connectivity index (χ0v) is 15.0. The van der Waals surface area contributed by atoms with Crippen LogP contribution in [0.2, 0.25) is 0 Å². The van der Waals surface area contributed by atoms with E-state index in [0.717, 1.165) is 69.9 Å². The van der Waals surface area contributed by atoms with E-state index in [1.54, 1.807) is 12.5 Å². The van der Waals surface area contributed by atoms with Crippen LogP contribution in [-0.4, -0.2) is 56.9 Å².